The molecule has 0 spiro atoms. The molecular weight excluding hydrogens is 334 g/mol. The summed E-state index contributed by atoms with van der Waals surface area (Å²) in [7, 11) is 0. The molecule has 144 valence electrons. The second kappa shape index (κ2) is 8.30. The van der Waals surface area contributed by atoms with Gasteiger partial charge < -0.3 is 14.4 Å². The van der Waals surface area contributed by atoms with E-state index in [1.165, 1.54) is 37.9 Å². The van der Waals surface area contributed by atoms with Gasteiger partial charge >= 0.3 is 0 Å². The number of amides is 1. The van der Waals surface area contributed by atoms with E-state index < -0.39 is 0 Å². The maximum atomic E-state index is 12.9. The molecule has 2 fully saturated rings. The molecule has 0 aliphatic carbocycles. The van der Waals surface area contributed by atoms with Gasteiger partial charge in [0.05, 0.1) is 6.42 Å². The van der Waals surface area contributed by atoms with Crippen LogP contribution in [0.4, 0.5) is 0 Å². The van der Waals surface area contributed by atoms with Crippen molar-refractivity contribution in [3.8, 4) is 5.69 Å². The fraction of sp³-hybridized carbons (Fsp3) is 0.522. The number of nitrogens with zero attached hydrogens (tertiary/aromatic N) is 3. The predicted molar refractivity (Wildman–Crippen MR) is 109 cm³/mol. The van der Waals surface area contributed by atoms with Crippen LogP contribution in [0.25, 0.3) is 5.69 Å². The van der Waals surface area contributed by atoms with Gasteiger partial charge in [-0.3, -0.25) is 4.79 Å². The van der Waals surface area contributed by atoms with Crippen molar-refractivity contribution >= 4 is 5.91 Å². The van der Waals surface area contributed by atoms with Crippen LogP contribution in [0.5, 0.6) is 0 Å². The lowest BCUT2D eigenvalue weighted by molar-refractivity contribution is -0.132. The summed E-state index contributed by atoms with van der Waals surface area (Å²) in [5.41, 5.74) is 3.44. The van der Waals surface area contributed by atoms with Gasteiger partial charge in [-0.05, 0) is 70.0 Å². The van der Waals surface area contributed by atoms with E-state index in [0.29, 0.717) is 12.5 Å². The van der Waals surface area contributed by atoms with Gasteiger partial charge in [0.1, 0.15) is 0 Å². The second-order valence-corrected chi connectivity index (χ2v) is 8.09. The van der Waals surface area contributed by atoms with Crippen LogP contribution >= 0.6 is 0 Å². The Hall–Kier alpha value is -2.07. The zero-order chi connectivity index (χ0) is 18.6. The van der Waals surface area contributed by atoms with Gasteiger partial charge in [-0.2, -0.15) is 0 Å². The van der Waals surface area contributed by atoms with E-state index in [2.05, 4.69) is 57.8 Å². The number of carbonyl (C=O) groups is 1. The largest absolute Gasteiger partial charge is 0.342 e. The molecule has 2 aliphatic heterocycles. The van der Waals surface area contributed by atoms with E-state index in [9.17, 15) is 4.79 Å². The van der Waals surface area contributed by atoms with Gasteiger partial charge in [0.25, 0.3) is 0 Å². The van der Waals surface area contributed by atoms with E-state index in [1.807, 2.05) is 6.07 Å². The fourth-order valence-corrected chi connectivity index (χ4v) is 4.55. The minimum Gasteiger partial charge on any atom is -0.342 e. The highest BCUT2D eigenvalue weighted by Crippen LogP contribution is 2.22. The van der Waals surface area contributed by atoms with Crippen LogP contribution in [-0.2, 0) is 11.2 Å². The Balaban J connectivity index is 1.35. The summed E-state index contributed by atoms with van der Waals surface area (Å²) in [6.07, 6.45) is 8.86. The topological polar surface area (TPSA) is 28.5 Å². The van der Waals surface area contributed by atoms with Crippen molar-refractivity contribution in [1.82, 2.24) is 14.4 Å². The molecule has 2 aromatic rings. The number of hydrogen-bond acceptors (Lipinski definition) is 2. The number of piperidine rings is 2. The van der Waals surface area contributed by atoms with Gasteiger partial charge in [-0.1, -0.05) is 24.1 Å². The number of likely N-dealkylation sites (tertiary alicyclic amines) is 2. The molecule has 4 nitrogen and oxygen atoms in total. The molecule has 4 rings (SSSR count). The Morgan fingerprint density at radius 2 is 1.67 bits per heavy atom. The van der Waals surface area contributed by atoms with E-state index in [0.717, 1.165) is 37.3 Å². The van der Waals surface area contributed by atoms with Crippen molar-refractivity contribution in [2.45, 2.75) is 51.5 Å². The van der Waals surface area contributed by atoms with Crippen LogP contribution in [0, 0.1) is 6.92 Å². The molecule has 0 atom stereocenters. The third-order valence-electron chi connectivity index (χ3n) is 6.20. The number of hydrogen-bond donors (Lipinski definition) is 0. The summed E-state index contributed by atoms with van der Waals surface area (Å²) in [4.78, 5) is 17.6. The van der Waals surface area contributed by atoms with Crippen LogP contribution in [0.15, 0.2) is 42.6 Å². The van der Waals surface area contributed by atoms with Crippen molar-refractivity contribution < 1.29 is 4.79 Å². The van der Waals surface area contributed by atoms with Gasteiger partial charge in [0.2, 0.25) is 5.91 Å². The number of aryl methyl sites for hydroxylation is 1. The second-order valence-electron chi connectivity index (χ2n) is 8.09. The Bertz CT molecular complexity index is 750. The van der Waals surface area contributed by atoms with Crippen molar-refractivity contribution in [2.75, 3.05) is 26.2 Å². The summed E-state index contributed by atoms with van der Waals surface area (Å²) in [5.74, 6) is 0.263. The molecule has 3 heterocycles. The van der Waals surface area contributed by atoms with Crippen LogP contribution in [-0.4, -0.2) is 52.5 Å². The van der Waals surface area contributed by atoms with Crippen LogP contribution < -0.4 is 0 Å². The third kappa shape index (κ3) is 4.27. The van der Waals surface area contributed by atoms with Crippen molar-refractivity contribution in [3.63, 3.8) is 0 Å². The third-order valence-corrected chi connectivity index (χ3v) is 6.20. The number of carbonyl (C=O) groups excluding carboxylic acids is 1. The summed E-state index contributed by atoms with van der Waals surface area (Å²) in [6, 6.07) is 13.3. The highest BCUT2D eigenvalue weighted by atomic mass is 16.2. The Labute approximate surface area is 162 Å². The Morgan fingerprint density at radius 3 is 2.37 bits per heavy atom. The molecule has 2 aliphatic rings. The van der Waals surface area contributed by atoms with E-state index in [4.69, 9.17) is 0 Å². The number of benzene rings is 1. The molecule has 1 aromatic carbocycles. The van der Waals surface area contributed by atoms with Gasteiger partial charge in [-0.15, -0.1) is 0 Å². The first kappa shape index (κ1) is 18.3. The first-order chi connectivity index (χ1) is 13.2. The molecule has 0 bridgehead atoms. The maximum Gasteiger partial charge on any atom is 0.228 e. The fourth-order valence-electron chi connectivity index (χ4n) is 4.55. The maximum absolute atomic E-state index is 12.9. The monoisotopic (exact) mass is 365 g/mol. The Morgan fingerprint density at radius 1 is 0.963 bits per heavy atom. The molecular formula is C23H31N3O. The van der Waals surface area contributed by atoms with E-state index >= 15 is 0 Å². The smallest absolute Gasteiger partial charge is 0.228 e. The standard InChI is InChI=1S/C23H31N3O/c1-19-7-9-21(10-8-19)26-15-5-6-22(26)18-23(27)25-16-11-20(12-17-25)24-13-3-2-4-14-24/h5-10,15,20H,2-4,11-14,16-18H2,1H3. The first-order valence-corrected chi connectivity index (χ1v) is 10.5. The molecule has 0 N–H and O–H groups in total. The zero-order valence-electron chi connectivity index (χ0n) is 16.4. The van der Waals surface area contributed by atoms with Crippen LogP contribution in [0.1, 0.15) is 43.4 Å². The quantitative estimate of drug-likeness (QED) is 0.824. The molecule has 1 amide bonds. The number of aromatic nitrogens is 1. The van der Waals surface area contributed by atoms with Crippen LogP contribution in [0.3, 0.4) is 0 Å². The zero-order valence-corrected chi connectivity index (χ0v) is 16.4. The lowest BCUT2D eigenvalue weighted by atomic mass is 9.99. The highest BCUT2D eigenvalue weighted by molar-refractivity contribution is 5.78. The summed E-state index contributed by atoms with van der Waals surface area (Å²) < 4.78 is 2.14. The molecule has 4 heteroatoms. The summed E-state index contributed by atoms with van der Waals surface area (Å²) >= 11 is 0. The lowest BCUT2D eigenvalue weighted by Gasteiger charge is -2.40. The normalized spacial score (nSPS) is 19.4. The average Bonchev–Trinajstić information content (AvgIpc) is 3.17. The van der Waals surface area contributed by atoms with Crippen molar-refractivity contribution in [3.05, 3.63) is 53.9 Å². The van der Waals surface area contributed by atoms with Gasteiger partial charge in [0, 0.05) is 36.7 Å². The van der Waals surface area contributed by atoms with Crippen molar-refractivity contribution in [1.29, 1.82) is 0 Å². The SMILES string of the molecule is Cc1ccc(-n2cccc2CC(=O)N2CCC(N3CCCCC3)CC2)cc1. The lowest BCUT2D eigenvalue weighted by Crippen LogP contribution is -2.48. The molecule has 27 heavy (non-hydrogen) atoms. The molecule has 1 aromatic heterocycles. The van der Waals surface area contributed by atoms with E-state index in [-0.39, 0.29) is 5.91 Å². The highest BCUT2D eigenvalue weighted by Gasteiger charge is 2.27. The molecule has 2 saturated heterocycles. The van der Waals surface area contributed by atoms with Crippen molar-refractivity contribution in [2.24, 2.45) is 0 Å². The molecule has 0 saturated carbocycles. The number of rotatable bonds is 4. The summed E-state index contributed by atoms with van der Waals surface area (Å²) in [5, 5.41) is 0. The van der Waals surface area contributed by atoms with Gasteiger partial charge in [0.15, 0.2) is 0 Å². The Kier molecular flexibility index (Phi) is 5.63. The predicted octanol–water partition coefficient (Wildman–Crippen LogP) is 3.81. The van der Waals surface area contributed by atoms with Crippen LogP contribution in [0.2, 0.25) is 0 Å². The first-order valence-electron chi connectivity index (χ1n) is 10.5. The molecule has 0 unspecified atom stereocenters. The average molecular weight is 366 g/mol. The van der Waals surface area contributed by atoms with Gasteiger partial charge in [-0.25, -0.2) is 0 Å². The molecule has 0 radical (unpaired) electrons. The minimum absolute atomic E-state index is 0.263. The minimum atomic E-state index is 0.263. The summed E-state index contributed by atoms with van der Waals surface area (Å²) in [6.45, 7) is 6.42. The van der Waals surface area contributed by atoms with E-state index in [1.54, 1.807) is 0 Å².